The van der Waals surface area contributed by atoms with Gasteiger partial charge in [0.1, 0.15) is 25.5 Å². The highest BCUT2D eigenvalue weighted by molar-refractivity contribution is 5.27. The van der Waals surface area contributed by atoms with Crippen LogP contribution in [0, 0.1) is 0 Å². The quantitative estimate of drug-likeness (QED) is 0.586. The Morgan fingerprint density at radius 1 is 1.39 bits per heavy atom. The smallest absolute Gasteiger partial charge is 0.244 e. The monoisotopic (exact) mass is 236 g/mol. The molecule has 3 rings (SSSR count). The van der Waals surface area contributed by atoms with Gasteiger partial charge in [0.05, 0.1) is 0 Å². The maximum Gasteiger partial charge on any atom is 0.244 e. The largest absolute Gasteiger partial charge is 0.264 e. The number of nitrogens with zero attached hydrogens (tertiary/aromatic N) is 3. The van der Waals surface area contributed by atoms with Gasteiger partial charge in [-0.25, -0.2) is 9.13 Å². The van der Waals surface area contributed by atoms with E-state index in [4.69, 9.17) is 0 Å². The van der Waals surface area contributed by atoms with Gasteiger partial charge in [-0.15, -0.1) is 5.73 Å². The molecule has 1 aliphatic rings. The van der Waals surface area contributed by atoms with Crippen LogP contribution in [0.15, 0.2) is 72.8 Å². The predicted molar refractivity (Wildman–Crippen MR) is 68.7 cm³/mol. The molecule has 0 aromatic carbocycles. The molecule has 2 aromatic rings. The van der Waals surface area contributed by atoms with Crippen molar-refractivity contribution in [1.82, 2.24) is 9.55 Å². The van der Waals surface area contributed by atoms with E-state index in [2.05, 4.69) is 50.7 Å². The van der Waals surface area contributed by atoms with Gasteiger partial charge in [0.2, 0.25) is 6.33 Å². The molecule has 0 bridgehead atoms. The van der Waals surface area contributed by atoms with E-state index in [0.717, 1.165) is 13.1 Å². The molecule has 0 aliphatic heterocycles. The Morgan fingerprint density at radius 3 is 3.17 bits per heavy atom. The molecule has 0 radical (unpaired) electrons. The zero-order chi connectivity index (χ0) is 12.2. The van der Waals surface area contributed by atoms with Crippen LogP contribution in [-0.4, -0.2) is 9.55 Å². The normalized spacial score (nSPS) is 13.0. The molecule has 0 N–H and O–H groups in total. The van der Waals surface area contributed by atoms with Crippen LogP contribution in [0.5, 0.6) is 0 Å². The first-order chi connectivity index (χ1) is 8.90. The van der Waals surface area contributed by atoms with Crippen molar-refractivity contribution >= 4 is 0 Å². The summed E-state index contributed by atoms with van der Waals surface area (Å²) in [4.78, 5) is 4.12. The van der Waals surface area contributed by atoms with Gasteiger partial charge < -0.3 is 0 Å². The minimum Gasteiger partial charge on any atom is -0.264 e. The van der Waals surface area contributed by atoms with Crippen molar-refractivity contribution < 1.29 is 4.57 Å². The van der Waals surface area contributed by atoms with E-state index < -0.39 is 0 Å². The van der Waals surface area contributed by atoms with E-state index in [-0.39, 0.29) is 0 Å². The zero-order valence-corrected chi connectivity index (χ0v) is 10.0. The van der Waals surface area contributed by atoms with Crippen LogP contribution < -0.4 is 4.57 Å². The van der Waals surface area contributed by atoms with Gasteiger partial charge in [-0.3, -0.25) is 4.98 Å². The van der Waals surface area contributed by atoms with Gasteiger partial charge in [-0.2, -0.15) is 0 Å². The van der Waals surface area contributed by atoms with E-state index in [1.54, 1.807) is 6.20 Å². The number of rotatable bonds is 4. The Kier molecular flexibility index (Phi) is 2.90. The number of hydrogen-bond donors (Lipinski definition) is 0. The second-order valence-corrected chi connectivity index (χ2v) is 4.31. The van der Waals surface area contributed by atoms with Crippen LogP contribution in [0.1, 0.15) is 5.56 Å². The fourth-order valence-electron chi connectivity index (χ4n) is 1.99. The molecule has 18 heavy (non-hydrogen) atoms. The third kappa shape index (κ3) is 2.47. The lowest BCUT2D eigenvalue weighted by Gasteiger charge is -1.96. The van der Waals surface area contributed by atoms with Gasteiger partial charge >= 0.3 is 0 Å². The summed E-state index contributed by atoms with van der Waals surface area (Å²) in [5.41, 5.74) is 5.62. The molecule has 0 unspecified atom stereocenters. The van der Waals surface area contributed by atoms with Gasteiger partial charge in [-0.1, -0.05) is 12.1 Å². The van der Waals surface area contributed by atoms with E-state index in [0.29, 0.717) is 0 Å². The van der Waals surface area contributed by atoms with Crippen LogP contribution in [0.4, 0.5) is 0 Å². The first-order valence-electron chi connectivity index (χ1n) is 5.96. The second-order valence-electron chi connectivity index (χ2n) is 4.31. The lowest BCUT2D eigenvalue weighted by Crippen LogP contribution is -2.31. The summed E-state index contributed by atoms with van der Waals surface area (Å²) in [6.07, 6.45) is 16.0. The van der Waals surface area contributed by atoms with Crippen molar-refractivity contribution in [3.63, 3.8) is 0 Å². The minimum absolute atomic E-state index is 0.853. The molecule has 3 heteroatoms. The second kappa shape index (κ2) is 4.86. The van der Waals surface area contributed by atoms with E-state index in [1.807, 2.05) is 24.4 Å². The Bertz CT molecular complexity index is 629. The number of allylic oxidation sites excluding steroid dienone is 3. The molecule has 0 spiro atoms. The maximum absolute atomic E-state index is 4.12. The summed E-state index contributed by atoms with van der Waals surface area (Å²) in [7, 11) is 0. The van der Waals surface area contributed by atoms with Crippen molar-refractivity contribution in [2.24, 2.45) is 0 Å². The van der Waals surface area contributed by atoms with Crippen molar-refractivity contribution in [3.8, 4) is 0 Å². The van der Waals surface area contributed by atoms with Crippen LogP contribution in [-0.2, 0) is 13.1 Å². The highest BCUT2D eigenvalue weighted by Gasteiger charge is 2.06. The van der Waals surface area contributed by atoms with Gasteiger partial charge in [0.15, 0.2) is 0 Å². The fourth-order valence-corrected chi connectivity index (χ4v) is 1.99. The van der Waals surface area contributed by atoms with Crippen molar-refractivity contribution in [2.45, 2.75) is 13.1 Å². The standard InChI is InChI=1S/C15H14N3/c1-2-5-14(4-1)11-17-8-9-18(13-17)12-15-6-3-7-16-10-15/h1-4,6-10,13H,11-12H2/q+1. The predicted octanol–water partition coefficient (Wildman–Crippen LogP) is 1.87. The molecule has 1 aliphatic carbocycles. The fraction of sp³-hybridized carbons (Fsp3) is 0.133. The maximum atomic E-state index is 4.12. The number of imidazole rings is 1. The Hall–Kier alpha value is -2.38. The highest BCUT2D eigenvalue weighted by Crippen LogP contribution is 2.02. The molecule has 3 nitrogen and oxygen atoms in total. The molecule has 0 saturated carbocycles. The number of aromatic nitrogens is 3. The lowest BCUT2D eigenvalue weighted by atomic mass is 10.3. The average Bonchev–Trinajstić information content (AvgIpc) is 3.03. The molecule has 0 amide bonds. The minimum atomic E-state index is 0.853. The van der Waals surface area contributed by atoms with Crippen LogP contribution in [0.2, 0.25) is 0 Å². The molecular weight excluding hydrogens is 222 g/mol. The number of pyridine rings is 1. The van der Waals surface area contributed by atoms with Gasteiger partial charge in [-0.05, 0) is 18.2 Å². The van der Waals surface area contributed by atoms with Crippen LogP contribution in [0.3, 0.4) is 0 Å². The van der Waals surface area contributed by atoms with Crippen LogP contribution in [0.25, 0.3) is 0 Å². The Labute approximate surface area is 106 Å². The van der Waals surface area contributed by atoms with Crippen molar-refractivity contribution in [3.05, 3.63) is 78.3 Å². The number of hydrogen-bond acceptors (Lipinski definition) is 1. The third-order valence-corrected chi connectivity index (χ3v) is 2.85. The summed E-state index contributed by atoms with van der Waals surface area (Å²) >= 11 is 0. The molecule has 0 saturated heterocycles. The third-order valence-electron chi connectivity index (χ3n) is 2.85. The zero-order valence-electron chi connectivity index (χ0n) is 10.0. The molecule has 88 valence electrons. The molecule has 0 atom stereocenters. The van der Waals surface area contributed by atoms with Gasteiger partial charge in [0, 0.05) is 23.5 Å². The Morgan fingerprint density at radius 2 is 2.39 bits per heavy atom. The molecule has 0 fully saturated rings. The Balaban J connectivity index is 1.70. The summed E-state index contributed by atoms with van der Waals surface area (Å²) in [5.74, 6) is 0. The summed E-state index contributed by atoms with van der Waals surface area (Å²) < 4.78 is 4.31. The average molecular weight is 236 g/mol. The van der Waals surface area contributed by atoms with E-state index in [1.165, 1.54) is 11.1 Å². The topological polar surface area (TPSA) is 21.7 Å². The summed E-state index contributed by atoms with van der Waals surface area (Å²) in [6.45, 7) is 1.72. The van der Waals surface area contributed by atoms with Crippen molar-refractivity contribution in [1.29, 1.82) is 0 Å². The van der Waals surface area contributed by atoms with Gasteiger partial charge in [0.25, 0.3) is 0 Å². The molecule has 2 heterocycles. The van der Waals surface area contributed by atoms with E-state index in [9.17, 15) is 0 Å². The first-order valence-corrected chi connectivity index (χ1v) is 5.96. The summed E-state index contributed by atoms with van der Waals surface area (Å²) in [6, 6.07) is 4.05. The van der Waals surface area contributed by atoms with Crippen molar-refractivity contribution in [2.75, 3.05) is 0 Å². The molecule has 2 aromatic heterocycles. The van der Waals surface area contributed by atoms with Crippen LogP contribution >= 0.6 is 0 Å². The first kappa shape index (κ1) is 10.8. The van der Waals surface area contributed by atoms with E-state index >= 15 is 0 Å². The summed E-state index contributed by atoms with van der Waals surface area (Å²) in [5, 5.41) is 0. The SMILES string of the molecule is C1=CC=CC=1C[n+]1ccn(Cc2cccnc2)c1. The highest BCUT2D eigenvalue weighted by atomic mass is 15.1. The lowest BCUT2D eigenvalue weighted by molar-refractivity contribution is -0.688. The molecular formula is C15H14N3+.